The second-order valence-electron chi connectivity index (χ2n) is 5.25. The molecule has 1 aromatic carbocycles. The van der Waals surface area contributed by atoms with Crippen molar-refractivity contribution in [3.63, 3.8) is 0 Å². The molecule has 0 fully saturated rings. The molecular formula is C13H17BrN4S. The highest BCUT2D eigenvalue weighted by molar-refractivity contribution is 9.10. The fraction of sp³-hybridized carbons (Fsp3) is 0.385. The van der Waals surface area contributed by atoms with E-state index in [1.54, 1.807) is 11.8 Å². The number of benzene rings is 1. The summed E-state index contributed by atoms with van der Waals surface area (Å²) in [4.78, 5) is 5.32. The maximum Gasteiger partial charge on any atom is 0.188 e. The minimum absolute atomic E-state index is 0.0985. The van der Waals surface area contributed by atoms with E-state index in [4.69, 9.17) is 0 Å². The average molecular weight is 341 g/mol. The fourth-order valence-electron chi connectivity index (χ4n) is 1.48. The third kappa shape index (κ3) is 4.63. The Balaban J connectivity index is 2.18. The van der Waals surface area contributed by atoms with Crippen molar-refractivity contribution in [2.75, 3.05) is 0 Å². The number of rotatable bonds is 4. The van der Waals surface area contributed by atoms with E-state index in [9.17, 15) is 0 Å². The van der Waals surface area contributed by atoms with Gasteiger partial charge < -0.3 is 5.32 Å². The summed E-state index contributed by atoms with van der Waals surface area (Å²) in [6, 6.07) is 6.29. The van der Waals surface area contributed by atoms with Crippen LogP contribution in [-0.2, 0) is 6.54 Å². The van der Waals surface area contributed by atoms with Crippen LogP contribution in [0.1, 0.15) is 26.3 Å². The molecule has 0 aliphatic heterocycles. The van der Waals surface area contributed by atoms with Crippen LogP contribution in [0.15, 0.2) is 39.1 Å². The molecule has 0 unspecified atom stereocenters. The van der Waals surface area contributed by atoms with Gasteiger partial charge in [0.2, 0.25) is 0 Å². The predicted octanol–water partition coefficient (Wildman–Crippen LogP) is 3.61. The molecule has 0 bridgehead atoms. The van der Waals surface area contributed by atoms with Gasteiger partial charge in [-0.05, 0) is 50.2 Å². The summed E-state index contributed by atoms with van der Waals surface area (Å²) in [5.41, 5.74) is 1.35. The Morgan fingerprint density at radius 2 is 2.16 bits per heavy atom. The van der Waals surface area contributed by atoms with Crippen molar-refractivity contribution in [2.24, 2.45) is 0 Å². The van der Waals surface area contributed by atoms with Gasteiger partial charge in [-0.3, -0.25) is 5.10 Å². The van der Waals surface area contributed by atoms with Crippen molar-refractivity contribution in [1.29, 1.82) is 0 Å². The molecule has 0 saturated carbocycles. The van der Waals surface area contributed by atoms with Crippen LogP contribution >= 0.6 is 27.7 Å². The van der Waals surface area contributed by atoms with Crippen molar-refractivity contribution in [2.45, 2.75) is 42.9 Å². The van der Waals surface area contributed by atoms with Crippen LogP contribution in [0, 0.1) is 0 Å². The second-order valence-corrected chi connectivity index (χ2v) is 7.19. The minimum Gasteiger partial charge on any atom is -0.308 e. The van der Waals surface area contributed by atoms with Crippen molar-refractivity contribution in [1.82, 2.24) is 20.5 Å². The van der Waals surface area contributed by atoms with E-state index in [2.05, 4.69) is 75.4 Å². The first-order chi connectivity index (χ1) is 8.94. The lowest BCUT2D eigenvalue weighted by atomic mass is 10.1. The number of halogens is 1. The lowest BCUT2D eigenvalue weighted by Crippen LogP contribution is -2.35. The SMILES string of the molecule is CC(C)(C)NCc1ccc(Br)cc1Sc1ncn[nH]1. The molecule has 0 aliphatic rings. The van der Waals surface area contributed by atoms with Crippen LogP contribution in [0.2, 0.25) is 0 Å². The first-order valence-corrected chi connectivity index (χ1v) is 7.62. The Hall–Kier alpha value is -0.850. The number of hydrogen-bond acceptors (Lipinski definition) is 4. The van der Waals surface area contributed by atoms with Gasteiger partial charge in [0.25, 0.3) is 0 Å². The molecule has 2 N–H and O–H groups in total. The largest absolute Gasteiger partial charge is 0.308 e. The molecule has 2 rings (SSSR count). The summed E-state index contributed by atoms with van der Waals surface area (Å²) < 4.78 is 1.06. The Morgan fingerprint density at radius 1 is 1.37 bits per heavy atom. The quantitative estimate of drug-likeness (QED) is 0.892. The van der Waals surface area contributed by atoms with Crippen LogP contribution in [-0.4, -0.2) is 20.7 Å². The Bertz CT molecular complexity index is 534. The standard InChI is InChI=1S/C13H17BrN4S/c1-13(2,3)16-7-9-4-5-10(14)6-11(9)19-12-15-8-17-18-12/h4-6,8,16H,7H2,1-3H3,(H,15,17,18). The van der Waals surface area contributed by atoms with Crippen LogP contribution < -0.4 is 5.32 Å². The van der Waals surface area contributed by atoms with Gasteiger partial charge in [-0.1, -0.05) is 22.0 Å². The number of hydrogen-bond donors (Lipinski definition) is 2. The molecule has 0 radical (unpaired) electrons. The molecule has 0 atom stereocenters. The van der Waals surface area contributed by atoms with Gasteiger partial charge in [0.05, 0.1) is 0 Å². The lowest BCUT2D eigenvalue weighted by Gasteiger charge is -2.21. The van der Waals surface area contributed by atoms with E-state index in [-0.39, 0.29) is 5.54 Å². The zero-order chi connectivity index (χ0) is 13.9. The van der Waals surface area contributed by atoms with E-state index in [1.165, 1.54) is 16.8 Å². The zero-order valence-corrected chi connectivity index (χ0v) is 13.6. The maximum absolute atomic E-state index is 4.15. The third-order valence-electron chi connectivity index (χ3n) is 2.44. The van der Waals surface area contributed by atoms with E-state index in [0.29, 0.717) is 0 Å². The normalized spacial score (nSPS) is 11.8. The molecule has 1 heterocycles. The van der Waals surface area contributed by atoms with E-state index in [0.717, 1.165) is 16.2 Å². The molecule has 0 amide bonds. The lowest BCUT2D eigenvalue weighted by molar-refractivity contribution is 0.422. The van der Waals surface area contributed by atoms with Crippen molar-refractivity contribution in [3.8, 4) is 0 Å². The second kappa shape index (κ2) is 6.07. The monoisotopic (exact) mass is 340 g/mol. The number of H-pyrrole nitrogens is 1. The number of aromatic amines is 1. The van der Waals surface area contributed by atoms with E-state index in [1.807, 2.05) is 0 Å². The Kier molecular flexibility index (Phi) is 4.65. The van der Waals surface area contributed by atoms with Crippen LogP contribution in [0.4, 0.5) is 0 Å². The molecule has 0 aliphatic carbocycles. The van der Waals surface area contributed by atoms with Gasteiger partial charge in [0.15, 0.2) is 5.16 Å². The van der Waals surface area contributed by atoms with Gasteiger partial charge >= 0.3 is 0 Å². The topological polar surface area (TPSA) is 53.6 Å². The first kappa shape index (κ1) is 14.6. The Labute approximate surface area is 125 Å². The van der Waals surface area contributed by atoms with Crippen LogP contribution in [0.5, 0.6) is 0 Å². The molecule has 102 valence electrons. The van der Waals surface area contributed by atoms with Gasteiger partial charge in [-0.25, -0.2) is 4.98 Å². The van der Waals surface area contributed by atoms with Crippen molar-refractivity contribution < 1.29 is 0 Å². The maximum atomic E-state index is 4.15. The molecular weight excluding hydrogens is 324 g/mol. The highest BCUT2D eigenvalue weighted by atomic mass is 79.9. The third-order valence-corrected chi connectivity index (χ3v) is 3.92. The summed E-state index contributed by atoms with van der Waals surface area (Å²) >= 11 is 5.10. The van der Waals surface area contributed by atoms with Crippen molar-refractivity contribution >= 4 is 27.7 Å². The Morgan fingerprint density at radius 3 is 2.79 bits per heavy atom. The summed E-state index contributed by atoms with van der Waals surface area (Å²) in [6.07, 6.45) is 1.52. The number of aromatic nitrogens is 3. The van der Waals surface area contributed by atoms with E-state index >= 15 is 0 Å². The van der Waals surface area contributed by atoms with Gasteiger partial charge in [-0.2, -0.15) is 5.10 Å². The van der Waals surface area contributed by atoms with Gasteiger partial charge in [0.1, 0.15) is 6.33 Å². The zero-order valence-electron chi connectivity index (χ0n) is 11.2. The van der Waals surface area contributed by atoms with Gasteiger partial charge in [-0.15, -0.1) is 0 Å². The number of nitrogens with zero attached hydrogens (tertiary/aromatic N) is 2. The molecule has 2 aromatic rings. The predicted molar refractivity (Wildman–Crippen MR) is 81.2 cm³/mol. The molecule has 1 aromatic heterocycles. The average Bonchev–Trinajstić information content (AvgIpc) is 2.79. The number of nitrogens with one attached hydrogen (secondary N) is 2. The molecule has 19 heavy (non-hydrogen) atoms. The fourth-order valence-corrected chi connectivity index (χ4v) is 2.85. The summed E-state index contributed by atoms with van der Waals surface area (Å²) in [6.45, 7) is 7.31. The minimum atomic E-state index is 0.0985. The summed E-state index contributed by atoms with van der Waals surface area (Å²) in [5, 5.41) is 11.0. The van der Waals surface area contributed by atoms with Crippen molar-refractivity contribution in [3.05, 3.63) is 34.6 Å². The summed E-state index contributed by atoms with van der Waals surface area (Å²) in [7, 11) is 0. The van der Waals surface area contributed by atoms with Crippen LogP contribution in [0.3, 0.4) is 0 Å². The summed E-state index contributed by atoms with van der Waals surface area (Å²) in [5.74, 6) is 0. The molecule has 0 saturated heterocycles. The highest BCUT2D eigenvalue weighted by Gasteiger charge is 2.12. The molecule has 0 spiro atoms. The molecule has 6 heteroatoms. The smallest absolute Gasteiger partial charge is 0.188 e. The molecule has 4 nitrogen and oxygen atoms in total. The first-order valence-electron chi connectivity index (χ1n) is 6.01. The van der Waals surface area contributed by atoms with E-state index < -0.39 is 0 Å². The van der Waals surface area contributed by atoms with Gasteiger partial charge in [0, 0.05) is 21.5 Å². The van der Waals surface area contributed by atoms with Crippen LogP contribution in [0.25, 0.3) is 0 Å². The highest BCUT2D eigenvalue weighted by Crippen LogP contribution is 2.30.